The molecule has 0 aliphatic heterocycles. The normalized spacial score (nSPS) is 14.1. The monoisotopic (exact) mass is 242 g/mol. The minimum absolute atomic E-state index is 0.331. The highest BCUT2D eigenvalue weighted by Crippen LogP contribution is 2.18. The fraction of sp³-hybridized carbons (Fsp3) is 0.692. The zero-order valence-electron chi connectivity index (χ0n) is 11.5. The van der Waals surface area contributed by atoms with Crippen LogP contribution in [0.5, 0.6) is 0 Å². The first kappa shape index (κ1) is 15.7. The summed E-state index contributed by atoms with van der Waals surface area (Å²) in [6.07, 6.45) is 2.19. The Morgan fingerprint density at radius 2 is 1.76 bits per heavy atom. The number of ether oxygens (including phenoxy) is 2. The summed E-state index contributed by atoms with van der Waals surface area (Å²) in [5.74, 6) is -1.97. The van der Waals surface area contributed by atoms with Crippen molar-refractivity contribution in [1.82, 2.24) is 0 Å². The van der Waals surface area contributed by atoms with Crippen LogP contribution in [-0.2, 0) is 19.1 Å². The second-order valence-corrected chi connectivity index (χ2v) is 4.95. The maximum atomic E-state index is 11.9. The van der Waals surface area contributed by atoms with Crippen LogP contribution in [0.4, 0.5) is 0 Å². The number of methoxy groups -OCH3 is 1. The molecule has 0 aliphatic rings. The van der Waals surface area contributed by atoms with Crippen molar-refractivity contribution in [2.75, 3.05) is 7.11 Å². The summed E-state index contributed by atoms with van der Waals surface area (Å²) >= 11 is 0. The minimum Gasteiger partial charge on any atom is -0.468 e. The molecule has 0 heterocycles. The van der Waals surface area contributed by atoms with E-state index in [2.05, 4.69) is 4.74 Å². The number of esters is 2. The molecule has 0 aromatic heterocycles. The van der Waals surface area contributed by atoms with Gasteiger partial charge in [-0.3, -0.25) is 9.59 Å². The van der Waals surface area contributed by atoms with Crippen LogP contribution in [-0.4, -0.2) is 24.6 Å². The second kappa shape index (κ2) is 6.42. The van der Waals surface area contributed by atoms with Gasteiger partial charge >= 0.3 is 11.9 Å². The highest BCUT2D eigenvalue weighted by atomic mass is 16.6. The van der Waals surface area contributed by atoms with Crippen molar-refractivity contribution >= 4 is 11.9 Å². The van der Waals surface area contributed by atoms with E-state index in [1.165, 1.54) is 7.11 Å². The van der Waals surface area contributed by atoms with Crippen molar-refractivity contribution in [3.8, 4) is 0 Å². The molecule has 4 heteroatoms. The summed E-state index contributed by atoms with van der Waals surface area (Å²) in [6.45, 7) is 9.02. The standard InChI is InChI=1S/C13H22O4/c1-7-9(2)8-10(11(14)16-6)12(15)17-13(3,4)5/h7,10H,8H2,1-6H3/b9-7+. The Balaban J connectivity index is 4.81. The maximum absolute atomic E-state index is 11.9. The lowest BCUT2D eigenvalue weighted by Crippen LogP contribution is -2.33. The Kier molecular flexibility index (Phi) is 5.93. The maximum Gasteiger partial charge on any atom is 0.321 e. The molecule has 1 unspecified atom stereocenters. The predicted molar refractivity (Wildman–Crippen MR) is 65.4 cm³/mol. The Bertz CT molecular complexity index is 310. The van der Waals surface area contributed by atoms with Gasteiger partial charge in [-0.1, -0.05) is 11.6 Å². The number of hydrogen-bond acceptors (Lipinski definition) is 4. The summed E-state index contributed by atoms with van der Waals surface area (Å²) in [5, 5.41) is 0. The number of rotatable bonds is 4. The van der Waals surface area contributed by atoms with Gasteiger partial charge in [0.15, 0.2) is 5.92 Å². The van der Waals surface area contributed by atoms with Crippen molar-refractivity contribution in [3.05, 3.63) is 11.6 Å². The third kappa shape index (κ3) is 6.09. The van der Waals surface area contributed by atoms with Crippen LogP contribution < -0.4 is 0 Å². The van der Waals surface area contributed by atoms with Crippen molar-refractivity contribution in [1.29, 1.82) is 0 Å². The topological polar surface area (TPSA) is 52.6 Å². The molecular formula is C13H22O4. The molecule has 98 valence electrons. The number of carbonyl (C=O) groups is 2. The lowest BCUT2D eigenvalue weighted by molar-refractivity contribution is -0.168. The molecule has 0 radical (unpaired) electrons. The molecular weight excluding hydrogens is 220 g/mol. The molecule has 0 spiro atoms. The van der Waals surface area contributed by atoms with Gasteiger partial charge in [0.2, 0.25) is 0 Å². The molecule has 1 atom stereocenters. The van der Waals surface area contributed by atoms with E-state index in [1.807, 2.05) is 19.9 Å². The molecule has 0 aliphatic carbocycles. The average molecular weight is 242 g/mol. The zero-order chi connectivity index (χ0) is 13.6. The molecule has 0 aromatic carbocycles. The summed E-state index contributed by atoms with van der Waals surface area (Å²) in [5.41, 5.74) is 0.346. The van der Waals surface area contributed by atoms with E-state index in [0.29, 0.717) is 6.42 Å². The fourth-order valence-electron chi connectivity index (χ4n) is 1.22. The van der Waals surface area contributed by atoms with Gasteiger partial charge < -0.3 is 9.47 Å². The van der Waals surface area contributed by atoms with Gasteiger partial charge in [0.1, 0.15) is 5.60 Å². The lowest BCUT2D eigenvalue weighted by atomic mass is 10.00. The van der Waals surface area contributed by atoms with Gasteiger partial charge in [-0.15, -0.1) is 0 Å². The quantitative estimate of drug-likeness (QED) is 0.432. The number of allylic oxidation sites excluding steroid dienone is 2. The lowest BCUT2D eigenvalue weighted by Gasteiger charge is -2.23. The molecule has 0 aromatic rings. The number of carbonyl (C=O) groups excluding carboxylic acids is 2. The molecule has 0 rings (SSSR count). The second-order valence-electron chi connectivity index (χ2n) is 4.95. The number of hydrogen-bond donors (Lipinski definition) is 0. The smallest absolute Gasteiger partial charge is 0.321 e. The van der Waals surface area contributed by atoms with Crippen molar-refractivity contribution in [2.24, 2.45) is 5.92 Å². The minimum atomic E-state index is -0.879. The molecule has 0 bridgehead atoms. The van der Waals surface area contributed by atoms with Gasteiger partial charge in [0.25, 0.3) is 0 Å². The zero-order valence-corrected chi connectivity index (χ0v) is 11.5. The largest absolute Gasteiger partial charge is 0.468 e. The van der Waals surface area contributed by atoms with Crippen LogP contribution in [0, 0.1) is 5.92 Å². The van der Waals surface area contributed by atoms with Crippen LogP contribution in [0.25, 0.3) is 0 Å². The van der Waals surface area contributed by atoms with E-state index in [9.17, 15) is 9.59 Å². The summed E-state index contributed by atoms with van der Waals surface area (Å²) in [6, 6.07) is 0. The van der Waals surface area contributed by atoms with E-state index in [1.54, 1.807) is 20.8 Å². The third-order valence-corrected chi connectivity index (χ3v) is 2.20. The van der Waals surface area contributed by atoms with Gasteiger partial charge in [-0.2, -0.15) is 0 Å². The molecule has 0 fully saturated rings. The first-order valence-electron chi connectivity index (χ1n) is 5.63. The van der Waals surface area contributed by atoms with Crippen molar-refractivity contribution in [2.45, 2.75) is 46.6 Å². The predicted octanol–water partition coefficient (Wildman–Crippen LogP) is 2.47. The Hall–Kier alpha value is -1.32. The van der Waals surface area contributed by atoms with E-state index in [4.69, 9.17) is 4.74 Å². The third-order valence-electron chi connectivity index (χ3n) is 2.20. The van der Waals surface area contributed by atoms with Crippen LogP contribution >= 0.6 is 0 Å². The molecule has 0 saturated heterocycles. The van der Waals surface area contributed by atoms with E-state index >= 15 is 0 Å². The van der Waals surface area contributed by atoms with Crippen LogP contribution in [0.2, 0.25) is 0 Å². The van der Waals surface area contributed by atoms with E-state index in [-0.39, 0.29) is 0 Å². The Morgan fingerprint density at radius 3 is 2.12 bits per heavy atom. The average Bonchev–Trinajstić information content (AvgIpc) is 2.21. The van der Waals surface area contributed by atoms with E-state index < -0.39 is 23.5 Å². The van der Waals surface area contributed by atoms with Crippen LogP contribution in [0.1, 0.15) is 41.0 Å². The van der Waals surface area contributed by atoms with E-state index in [0.717, 1.165) is 5.57 Å². The van der Waals surface area contributed by atoms with Crippen molar-refractivity contribution < 1.29 is 19.1 Å². The highest BCUT2D eigenvalue weighted by molar-refractivity contribution is 5.95. The Morgan fingerprint density at radius 1 is 1.24 bits per heavy atom. The van der Waals surface area contributed by atoms with Crippen LogP contribution in [0.3, 0.4) is 0 Å². The molecule has 0 N–H and O–H groups in total. The first-order valence-corrected chi connectivity index (χ1v) is 5.63. The molecule has 0 amide bonds. The summed E-state index contributed by atoms with van der Waals surface area (Å²) < 4.78 is 9.83. The SMILES string of the molecule is C/C=C(\C)CC(C(=O)OC)C(=O)OC(C)(C)C. The molecule has 0 saturated carbocycles. The fourth-order valence-corrected chi connectivity index (χ4v) is 1.22. The van der Waals surface area contributed by atoms with Gasteiger partial charge in [-0.05, 0) is 41.0 Å². The van der Waals surface area contributed by atoms with Gasteiger partial charge in [-0.25, -0.2) is 0 Å². The molecule has 4 nitrogen and oxygen atoms in total. The highest BCUT2D eigenvalue weighted by Gasteiger charge is 2.32. The Labute approximate surface area is 103 Å². The molecule has 17 heavy (non-hydrogen) atoms. The first-order chi connectivity index (χ1) is 7.71. The van der Waals surface area contributed by atoms with Crippen LogP contribution in [0.15, 0.2) is 11.6 Å². The van der Waals surface area contributed by atoms with Gasteiger partial charge in [0, 0.05) is 0 Å². The summed E-state index contributed by atoms with van der Waals surface area (Å²) in [4.78, 5) is 23.4. The van der Waals surface area contributed by atoms with Gasteiger partial charge in [0.05, 0.1) is 7.11 Å². The summed E-state index contributed by atoms with van der Waals surface area (Å²) in [7, 11) is 1.27. The van der Waals surface area contributed by atoms with Crippen molar-refractivity contribution in [3.63, 3.8) is 0 Å².